The summed E-state index contributed by atoms with van der Waals surface area (Å²) in [6, 6.07) is 8.85. The molecule has 1 unspecified atom stereocenters. The standard InChI is InChI=1S/C21H29NO/c1-4-6-7-8-9-10-11-12-21(23)20-16-18-15-17(3)13-14-19(18)22(20)5-2/h10,12-16,21,23H,4-9H2,1-3H3/i10D. The van der Waals surface area contributed by atoms with Crippen LogP contribution in [0.1, 0.15) is 64.7 Å². The highest BCUT2D eigenvalue weighted by Crippen LogP contribution is 2.26. The van der Waals surface area contributed by atoms with E-state index in [-0.39, 0.29) is 0 Å². The van der Waals surface area contributed by atoms with Crippen molar-refractivity contribution in [2.24, 2.45) is 0 Å². The van der Waals surface area contributed by atoms with Crippen molar-refractivity contribution in [1.29, 1.82) is 0 Å². The summed E-state index contributed by atoms with van der Waals surface area (Å²) in [5.74, 6) is 0. The first-order valence-electron chi connectivity index (χ1n) is 9.27. The molecule has 0 fully saturated rings. The average Bonchev–Trinajstić information content (AvgIpc) is 2.94. The summed E-state index contributed by atoms with van der Waals surface area (Å²) < 4.78 is 10.1. The second kappa shape index (κ2) is 8.76. The van der Waals surface area contributed by atoms with Gasteiger partial charge in [0.05, 0.1) is 7.06 Å². The van der Waals surface area contributed by atoms with Crippen LogP contribution in [0.2, 0.25) is 0 Å². The lowest BCUT2D eigenvalue weighted by Crippen LogP contribution is -2.04. The summed E-state index contributed by atoms with van der Waals surface area (Å²) in [6.07, 6.45) is 6.23. The van der Waals surface area contributed by atoms with Crippen molar-refractivity contribution < 1.29 is 6.48 Å². The van der Waals surface area contributed by atoms with E-state index in [1.807, 2.05) is 6.07 Å². The van der Waals surface area contributed by atoms with E-state index in [0.29, 0.717) is 6.05 Å². The zero-order valence-corrected chi connectivity index (χ0v) is 14.6. The highest BCUT2D eigenvalue weighted by molar-refractivity contribution is 5.82. The van der Waals surface area contributed by atoms with Gasteiger partial charge in [0.1, 0.15) is 6.10 Å². The monoisotopic (exact) mass is 312 g/mol. The molecule has 0 spiro atoms. The van der Waals surface area contributed by atoms with E-state index in [1.165, 1.54) is 18.4 Å². The van der Waals surface area contributed by atoms with Gasteiger partial charge >= 0.3 is 0 Å². The molecule has 0 aliphatic heterocycles. The molecule has 1 heterocycles. The Labute approximate surface area is 141 Å². The van der Waals surface area contributed by atoms with Crippen molar-refractivity contribution in [2.75, 3.05) is 0 Å². The van der Waals surface area contributed by atoms with Crippen molar-refractivity contribution in [3.05, 3.63) is 53.4 Å². The normalized spacial score (nSPS) is 12.8. The fourth-order valence-electron chi connectivity index (χ4n) is 2.95. The van der Waals surface area contributed by atoms with Crippen molar-refractivity contribution in [3.8, 4) is 0 Å². The summed E-state index contributed by atoms with van der Waals surface area (Å²) in [5.41, 5.74) is 6.18. The van der Waals surface area contributed by atoms with Gasteiger partial charge in [-0.1, -0.05) is 37.8 Å². The van der Waals surface area contributed by atoms with Crippen LogP contribution in [0.25, 0.3) is 10.9 Å². The Morgan fingerprint density at radius 2 is 2.09 bits per heavy atom. The van der Waals surface area contributed by atoms with E-state index in [1.54, 1.807) is 6.08 Å². The molecular formula is C21H29NO. The quantitative estimate of drug-likeness (QED) is 0.492. The number of fused-ring (bicyclic) bond motifs is 1. The minimum atomic E-state index is -0.728. The van der Waals surface area contributed by atoms with E-state index in [2.05, 4.69) is 49.3 Å². The van der Waals surface area contributed by atoms with Gasteiger partial charge in [0, 0.05) is 17.4 Å². The summed E-state index contributed by atoms with van der Waals surface area (Å²) in [6.45, 7) is 7.15. The summed E-state index contributed by atoms with van der Waals surface area (Å²) >= 11 is 0. The molecule has 1 atom stereocenters. The van der Waals surface area contributed by atoms with Crippen LogP contribution in [-0.2, 0) is 6.54 Å². The lowest BCUT2D eigenvalue weighted by Gasteiger charge is -2.10. The third-order valence-electron chi connectivity index (χ3n) is 4.21. The maximum atomic E-state index is 10.5. The molecule has 23 heavy (non-hydrogen) atoms. The lowest BCUT2D eigenvalue weighted by atomic mass is 10.1. The maximum absolute atomic E-state index is 10.5. The van der Waals surface area contributed by atoms with Crippen molar-refractivity contribution in [2.45, 2.75) is 65.5 Å². The van der Waals surface area contributed by atoms with Gasteiger partial charge < -0.3 is 9.67 Å². The number of aromatic nitrogens is 1. The van der Waals surface area contributed by atoms with Gasteiger partial charge in [-0.3, -0.25) is 0 Å². The van der Waals surface area contributed by atoms with Crippen LogP contribution in [0.5, 0.6) is 0 Å². The summed E-state index contributed by atoms with van der Waals surface area (Å²) in [5, 5.41) is 11.7. The minimum absolute atomic E-state index is 0.472. The largest absolute Gasteiger partial charge is 0.382 e. The van der Waals surface area contributed by atoms with Gasteiger partial charge in [0.2, 0.25) is 0 Å². The molecule has 0 aliphatic rings. The van der Waals surface area contributed by atoms with E-state index in [4.69, 9.17) is 1.37 Å². The van der Waals surface area contributed by atoms with Crippen LogP contribution >= 0.6 is 0 Å². The number of nitrogens with zero attached hydrogens (tertiary/aromatic N) is 1. The first-order chi connectivity index (χ1) is 11.6. The Kier molecular flexibility index (Phi) is 6.14. The fourth-order valence-corrected chi connectivity index (χ4v) is 2.95. The Balaban J connectivity index is 2.18. The van der Waals surface area contributed by atoms with Crippen LogP contribution in [0.3, 0.4) is 0 Å². The van der Waals surface area contributed by atoms with Gasteiger partial charge in [-0.2, -0.15) is 0 Å². The van der Waals surface area contributed by atoms with Crippen molar-refractivity contribution in [1.82, 2.24) is 4.57 Å². The molecule has 0 aliphatic carbocycles. The molecule has 124 valence electrons. The third-order valence-corrected chi connectivity index (χ3v) is 4.21. The number of aliphatic hydroxyl groups excluding tert-OH is 1. The first-order valence-corrected chi connectivity index (χ1v) is 8.77. The average molecular weight is 312 g/mol. The number of rotatable bonds is 8. The van der Waals surface area contributed by atoms with Gasteiger partial charge in [-0.05, 0) is 57.0 Å². The Morgan fingerprint density at radius 1 is 1.26 bits per heavy atom. The van der Waals surface area contributed by atoms with Crippen LogP contribution in [0.4, 0.5) is 0 Å². The van der Waals surface area contributed by atoms with Crippen LogP contribution in [0, 0.1) is 6.92 Å². The SMILES string of the molecule is [2H]C(=C=CC(O)c1cc2cc(C)ccc2n1CC)CCCCCC. The van der Waals surface area contributed by atoms with E-state index in [9.17, 15) is 5.11 Å². The Bertz CT molecular complexity index is 738. The second-order valence-electron chi connectivity index (χ2n) is 6.12. The van der Waals surface area contributed by atoms with E-state index in [0.717, 1.165) is 42.4 Å². The van der Waals surface area contributed by atoms with Gasteiger partial charge in [-0.15, -0.1) is 5.73 Å². The first kappa shape index (κ1) is 16.1. The number of aliphatic hydroxyl groups is 1. The highest BCUT2D eigenvalue weighted by atomic mass is 16.3. The third kappa shape index (κ3) is 4.60. The van der Waals surface area contributed by atoms with Crippen LogP contribution in [0.15, 0.2) is 42.1 Å². The number of aryl methyl sites for hydroxylation is 2. The smallest absolute Gasteiger partial charge is 0.119 e. The van der Waals surface area contributed by atoms with Crippen LogP contribution < -0.4 is 0 Å². The predicted octanol–water partition coefficient (Wildman–Crippen LogP) is 5.68. The topological polar surface area (TPSA) is 25.2 Å². The van der Waals surface area contributed by atoms with Crippen LogP contribution in [-0.4, -0.2) is 9.67 Å². The van der Waals surface area contributed by atoms with Crippen molar-refractivity contribution in [3.63, 3.8) is 0 Å². The van der Waals surface area contributed by atoms with E-state index >= 15 is 0 Å². The molecule has 0 bridgehead atoms. The van der Waals surface area contributed by atoms with Gasteiger partial charge in [0.15, 0.2) is 0 Å². The molecule has 0 saturated heterocycles. The molecule has 0 radical (unpaired) electrons. The molecule has 2 rings (SSSR count). The van der Waals surface area contributed by atoms with Gasteiger partial charge in [-0.25, -0.2) is 0 Å². The molecule has 0 saturated carbocycles. The zero-order valence-electron chi connectivity index (χ0n) is 15.6. The molecular weight excluding hydrogens is 282 g/mol. The number of unbranched alkanes of at least 4 members (excludes halogenated alkanes) is 3. The Morgan fingerprint density at radius 3 is 2.83 bits per heavy atom. The lowest BCUT2D eigenvalue weighted by molar-refractivity contribution is 0.219. The van der Waals surface area contributed by atoms with E-state index < -0.39 is 6.10 Å². The number of hydrogen-bond acceptors (Lipinski definition) is 1. The molecule has 1 aromatic carbocycles. The molecule has 1 N–H and O–H groups in total. The Hall–Kier alpha value is -1.76. The minimum Gasteiger partial charge on any atom is -0.382 e. The zero-order chi connectivity index (χ0) is 17.5. The summed E-state index contributed by atoms with van der Waals surface area (Å²) in [4.78, 5) is 0. The maximum Gasteiger partial charge on any atom is 0.119 e. The number of benzene rings is 1. The summed E-state index contributed by atoms with van der Waals surface area (Å²) in [7, 11) is 0. The predicted molar refractivity (Wildman–Crippen MR) is 98.7 cm³/mol. The van der Waals surface area contributed by atoms with Crippen molar-refractivity contribution >= 4 is 10.9 Å². The molecule has 2 heteroatoms. The molecule has 2 aromatic rings. The molecule has 1 aromatic heterocycles. The highest BCUT2D eigenvalue weighted by Gasteiger charge is 2.13. The fraction of sp³-hybridized carbons (Fsp3) is 0.476. The van der Waals surface area contributed by atoms with Gasteiger partial charge in [0.25, 0.3) is 0 Å². The second-order valence-corrected chi connectivity index (χ2v) is 6.12. The molecule has 2 nitrogen and oxygen atoms in total. The number of hydrogen-bond donors (Lipinski definition) is 1. The molecule has 0 amide bonds.